The molecule has 3 aromatic rings. The summed E-state index contributed by atoms with van der Waals surface area (Å²) in [4.78, 5) is 12.4. The van der Waals surface area contributed by atoms with Crippen LogP contribution in [0.5, 0.6) is 0 Å². The van der Waals surface area contributed by atoms with E-state index in [0.29, 0.717) is 30.3 Å². The van der Waals surface area contributed by atoms with Gasteiger partial charge in [-0.05, 0) is 48.7 Å². The quantitative estimate of drug-likeness (QED) is 0.608. The van der Waals surface area contributed by atoms with Crippen molar-refractivity contribution in [1.29, 1.82) is 0 Å². The van der Waals surface area contributed by atoms with Crippen molar-refractivity contribution in [3.8, 4) is 0 Å². The van der Waals surface area contributed by atoms with Gasteiger partial charge >= 0.3 is 0 Å². The molecule has 0 radical (unpaired) electrons. The fraction of sp³-hybridized carbons (Fsp3) is 0.261. The van der Waals surface area contributed by atoms with Crippen LogP contribution in [0.15, 0.2) is 70.0 Å². The highest BCUT2D eigenvalue weighted by Gasteiger charge is 2.25. The molecule has 6 nitrogen and oxygen atoms in total. The third-order valence-electron chi connectivity index (χ3n) is 5.19. The van der Waals surface area contributed by atoms with E-state index in [1.165, 1.54) is 6.08 Å². The Balaban J connectivity index is 1.33. The van der Waals surface area contributed by atoms with Crippen LogP contribution in [0.3, 0.4) is 0 Å². The molecule has 1 fully saturated rings. The molecule has 1 aliphatic rings. The molecule has 30 heavy (non-hydrogen) atoms. The predicted octanol–water partition coefficient (Wildman–Crippen LogP) is 3.94. The summed E-state index contributed by atoms with van der Waals surface area (Å²) < 4.78 is 32.6. The average molecular weight is 425 g/mol. The van der Waals surface area contributed by atoms with Gasteiger partial charge in [0, 0.05) is 31.1 Å². The smallest absolute Gasteiger partial charge is 0.244 e. The number of para-hydroxylation sites is 1. The molecule has 0 atom stereocenters. The fourth-order valence-electron chi connectivity index (χ4n) is 3.52. The molecular weight excluding hydrogens is 400 g/mol. The van der Waals surface area contributed by atoms with Crippen molar-refractivity contribution in [2.45, 2.75) is 30.7 Å². The summed E-state index contributed by atoms with van der Waals surface area (Å²) in [5, 5.41) is 3.78. The van der Waals surface area contributed by atoms with Crippen molar-refractivity contribution in [1.82, 2.24) is 9.62 Å². The molecule has 4 rings (SSSR count). The molecule has 1 aromatic heterocycles. The Kier molecular flexibility index (Phi) is 6.01. The number of piperidine rings is 1. The van der Waals surface area contributed by atoms with Crippen LogP contribution >= 0.6 is 0 Å². The van der Waals surface area contributed by atoms with Gasteiger partial charge in [0.25, 0.3) is 0 Å². The number of carbonyl (C=O) groups is 1. The van der Waals surface area contributed by atoms with Crippen molar-refractivity contribution >= 4 is 33.0 Å². The second kappa shape index (κ2) is 8.85. The minimum Gasteiger partial charge on any atom is -0.457 e. The number of rotatable bonds is 6. The zero-order valence-electron chi connectivity index (χ0n) is 16.6. The zero-order valence-corrected chi connectivity index (χ0v) is 17.4. The van der Waals surface area contributed by atoms with Crippen LogP contribution in [-0.2, 0) is 21.4 Å². The van der Waals surface area contributed by atoms with Gasteiger partial charge in [-0.1, -0.05) is 36.8 Å². The van der Waals surface area contributed by atoms with E-state index < -0.39 is 10.0 Å². The largest absolute Gasteiger partial charge is 0.457 e. The number of sulfonamides is 1. The van der Waals surface area contributed by atoms with Gasteiger partial charge in [-0.3, -0.25) is 4.79 Å². The maximum Gasteiger partial charge on any atom is 0.244 e. The standard InChI is InChI=1S/C23H24N2O4S/c26-23(13-10-20-16-19-6-2-3-7-22(19)29-20)24-17-18-8-11-21(12-9-18)30(27,28)25-14-4-1-5-15-25/h2-3,6-13,16H,1,4-5,14-15,17H2,(H,24,26)/b13-10+. The molecule has 1 amide bonds. The SMILES string of the molecule is O=C(/C=C/c1cc2ccccc2o1)NCc1ccc(S(=O)(=O)N2CCCCC2)cc1. The molecule has 0 bridgehead atoms. The minimum atomic E-state index is -3.44. The summed E-state index contributed by atoms with van der Waals surface area (Å²) in [6, 6.07) is 16.2. The van der Waals surface area contributed by atoms with E-state index in [-0.39, 0.29) is 5.91 Å². The molecule has 1 aliphatic heterocycles. The number of furan rings is 1. The van der Waals surface area contributed by atoms with E-state index in [1.807, 2.05) is 30.3 Å². The Bertz CT molecular complexity index is 1120. The maximum atomic E-state index is 12.7. The third kappa shape index (κ3) is 4.63. The third-order valence-corrected chi connectivity index (χ3v) is 7.10. The molecule has 0 aliphatic carbocycles. The molecule has 0 saturated carbocycles. The molecule has 156 valence electrons. The molecule has 1 N–H and O–H groups in total. The topological polar surface area (TPSA) is 79.6 Å². The zero-order chi connectivity index (χ0) is 21.0. The van der Waals surface area contributed by atoms with Gasteiger partial charge < -0.3 is 9.73 Å². The lowest BCUT2D eigenvalue weighted by molar-refractivity contribution is -0.116. The van der Waals surface area contributed by atoms with Crippen molar-refractivity contribution in [3.05, 3.63) is 72.0 Å². The molecule has 0 spiro atoms. The number of nitrogens with zero attached hydrogens (tertiary/aromatic N) is 1. The number of nitrogens with one attached hydrogen (secondary N) is 1. The summed E-state index contributed by atoms with van der Waals surface area (Å²) in [6.07, 6.45) is 5.95. The van der Waals surface area contributed by atoms with Gasteiger partial charge in [0.2, 0.25) is 15.9 Å². The fourth-order valence-corrected chi connectivity index (χ4v) is 5.04. The predicted molar refractivity (Wildman–Crippen MR) is 116 cm³/mol. The number of carbonyl (C=O) groups excluding carboxylic acids is 1. The molecule has 7 heteroatoms. The molecule has 0 unspecified atom stereocenters. The lowest BCUT2D eigenvalue weighted by Crippen LogP contribution is -2.35. The summed E-state index contributed by atoms with van der Waals surface area (Å²) in [6.45, 7) is 1.47. The van der Waals surface area contributed by atoms with E-state index in [1.54, 1.807) is 34.6 Å². The number of benzene rings is 2. The van der Waals surface area contributed by atoms with Crippen molar-refractivity contribution in [2.24, 2.45) is 0 Å². The van der Waals surface area contributed by atoms with Gasteiger partial charge in [0.1, 0.15) is 11.3 Å². The van der Waals surface area contributed by atoms with E-state index in [4.69, 9.17) is 4.42 Å². The minimum absolute atomic E-state index is 0.250. The van der Waals surface area contributed by atoms with Gasteiger partial charge in [0.05, 0.1) is 4.90 Å². The van der Waals surface area contributed by atoms with Gasteiger partial charge in [0.15, 0.2) is 0 Å². The second-order valence-corrected chi connectivity index (χ2v) is 9.28. The Labute approximate surface area is 176 Å². The van der Waals surface area contributed by atoms with Crippen LogP contribution in [0.2, 0.25) is 0 Å². The lowest BCUT2D eigenvalue weighted by atomic mass is 10.2. The second-order valence-electron chi connectivity index (χ2n) is 7.35. The Hall–Kier alpha value is -2.90. The van der Waals surface area contributed by atoms with Crippen molar-refractivity contribution in [3.63, 3.8) is 0 Å². The van der Waals surface area contributed by atoms with E-state index in [9.17, 15) is 13.2 Å². The van der Waals surface area contributed by atoms with Crippen molar-refractivity contribution < 1.29 is 17.6 Å². The molecule has 2 heterocycles. The van der Waals surface area contributed by atoms with E-state index in [2.05, 4.69) is 5.32 Å². The summed E-state index contributed by atoms with van der Waals surface area (Å²) in [7, 11) is -3.44. The van der Waals surface area contributed by atoms with E-state index in [0.717, 1.165) is 35.8 Å². The molecular formula is C23H24N2O4S. The van der Waals surface area contributed by atoms with Crippen LogP contribution in [0, 0.1) is 0 Å². The van der Waals surface area contributed by atoms with Gasteiger partial charge in [-0.25, -0.2) is 8.42 Å². The van der Waals surface area contributed by atoms with Crippen LogP contribution in [0.4, 0.5) is 0 Å². The van der Waals surface area contributed by atoms with Crippen LogP contribution < -0.4 is 5.32 Å². The first-order valence-electron chi connectivity index (χ1n) is 10.1. The Morgan fingerprint density at radius 3 is 2.50 bits per heavy atom. The van der Waals surface area contributed by atoms with Crippen LogP contribution in [-0.4, -0.2) is 31.7 Å². The first-order valence-corrected chi connectivity index (χ1v) is 11.5. The van der Waals surface area contributed by atoms with Crippen LogP contribution in [0.25, 0.3) is 17.0 Å². The average Bonchev–Trinajstić information content (AvgIpc) is 3.20. The summed E-state index contributed by atoms with van der Waals surface area (Å²) >= 11 is 0. The summed E-state index contributed by atoms with van der Waals surface area (Å²) in [5.41, 5.74) is 1.61. The monoisotopic (exact) mass is 424 g/mol. The number of fused-ring (bicyclic) bond motifs is 1. The Morgan fingerprint density at radius 1 is 1.03 bits per heavy atom. The maximum absolute atomic E-state index is 12.7. The number of hydrogen-bond acceptors (Lipinski definition) is 4. The Morgan fingerprint density at radius 2 is 1.77 bits per heavy atom. The number of hydrogen-bond donors (Lipinski definition) is 1. The molecule has 2 aromatic carbocycles. The highest BCUT2D eigenvalue weighted by molar-refractivity contribution is 7.89. The van der Waals surface area contributed by atoms with Crippen molar-refractivity contribution in [2.75, 3.05) is 13.1 Å². The summed E-state index contributed by atoms with van der Waals surface area (Å²) in [5.74, 6) is 0.360. The highest BCUT2D eigenvalue weighted by atomic mass is 32.2. The van der Waals surface area contributed by atoms with Gasteiger partial charge in [-0.2, -0.15) is 4.31 Å². The highest BCUT2D eigenvalue weighted by Crippen LogP contribution is 2.21. The van der Waals surface area contributed by atoms with Crippen LogP contribution in [0.1, 0.15) is 30.6 Å². The van der Waals surface area contributed by atoms with Gasteiger partial charge in [-0.15, -0.1) is 0 Å². The molecule has 1 saturated heterocycles. The number of amides is 1. The van der Waals surface area contributed by atoms with E-state index >= 15 is 0 Å². The first-order chi connectivity index (χ1) is 14.5. The first kappa shape index (κ1) is 20.4. The lowest BCUT2D eigenvalue weighted by Gasteiger charge is -2.25. The normalized spacial score (nSPS) is 15.6.